The largest absolute Gasteiger partial charge is 0.303 e. The van der Waals surface area contributed by atoms with Crippen LogP contribution in [0, 0.1) is 10.1 Å². The van der Waals surface area contributed by atoms with Gasteiger partial charge in [-0.2, -0.15) is 5.10 Å². The predicted octanol–water partition coefficient (Wildman–Crippen LogP) is 2.45. The molecule has 1 aliphatic rings. The molecule has 1 aliphatic heterocycles. The maximum atomic E-state index is 10.9. The number of amidine groups is 1. The van der Waals surface area contributed by atoms with Crippen molar-refractivity contribution in [2.45, 2.75) is 0 Å². The van der Waals surface area contributed by atoms with Gasteiger partial charge in [0.05, 0.1) is 32.5 Å². The fraction of sp³-hybridized carbons (Fsp3) is 0.100. The summed E-state index contributed by atoms with van der Waals surface area (Å²) in [7, 11) is 0. The van der Waals surface area contributed by atoms with Crippen molar-refractivity contribution >= 4 is 57.9 Å². The van der Waals surface area contributed by atoms with E-state index in [1.807, 2.05) is 0 Å². The summed E-state index contributed by atoms with van der Waals surface area (Å²) < 4.78 is 0. The normalized spacial score (nSPS) is 16.9. The number of amides is 1. The van der Waals surface area contributed by atoms with E-state index in [0.29, 0.717) is 5.17 Å². The first kappa shape index (κ1) is 14.8. The van der Waals surface area contributed by atoms with Crippen LogP contribution in [0.25, 0.3) is 0 Å². The van der Waals surface area contributed by atoms with Gasteiger partial charge in [0.2, 0.25) is 5.91 Å². The summed E-state index contributed by atoms with van der Waals surface area (Å²) in [6.45, 7) is 0. The van der Waals surface area contributed by atoms with E-state index in [9.17, 15) is 14.9 Å². The Morgan fingerprint density at radius 2 is 2.10 bits per heavy atom. The molecule has 1 aromatic rings. The van der Waals surface area contributed by atoms with Gasteiger partial charge in [-0.3, -0.25) is 14.9 Å². The van der Waals surface area contributed by atoms with Gasteiger partial charge in [-0.1, -0.05) is 35.0 Å². The fourth-order valence-corrected chi connectivity index (χ4v) is 2.30. The van der Waals surface area contributed by atoms with Crippen molar-refractivity contribution in [3.63, 3.8) is 0 Å². The van der Waals surface area contributed by atoms with Crippen LogP contribution < -0.4 is 5.32 Å². The molecular formula is C10H6Cl2N4O3S. The van der Waals surface area contributed by atoms with Crippen molar-refractivity contribution in [1.29, 1.82) is 0 Å². The highest BCUT2D eigenvalue weighted by Gasteiger charge is 2.17. The number of nitro benzene ring substituents is 1. The monoisotopic (exact) mass is 332 g/mol. The standard InChI is InChI=1S/C10H6Cl2N4O3S/c11-6-1-5(8(16(18)19)2-7(6)12)3-13-15-10-14-9(17)4-20-10/h1-3H,4H2,(H,14,15,17). The molecule has 7 nitrogen and oxygen atoms in total. The molecule has 0 unspecified atom stereocenters. The number of carbonyl (C=O) groups is 1. The number of benzene rings is 1. The average Bonchev–Trinajstić information content (AvgIpc) is 2.79. The second kappa shape index (κ2) is 6.21. The van der Waals surface area contributed by atoms with Crippen molar-refractivity contribution in [3.8, 4) is 0 Å². The van der Waals surface area contributed by atoms with Crippen LogP contribution in [0.2, 0.25) is 10.0 Å². The summed E-state index contributed by atoms with van der Waals surface area (Å²) in [6, 6.07) is 2.47. The van der Waals surface area contributed by atoms with Gasteiger partial charge in [0.15, 0.2) is 5.17 Å². The fourth-order valence-electron chi connectivity index (χ4n) is 1.34. The van der Waals surface area contributed by atoms with Crippen molar-refractivity contribution < 1.29 is 9.72 Å². The van der Waals surface area contributed by atoms with Gasteiger partial charge in [-0.05, 0) is 6.07 Å². The van der Waals surface area contributed by atoms with Crippen molar-refractivity contribution in [3.05, 3.63) is 37.9 Å². The Hall–Kier alpha value is -1.64. The zero-order chi connectivity index (χ0) is 14.7. The number of rotatable bonds is 3. The minimum Gasteiger partial charge on any atom is -0.303 e. The molecule has 1 fully saturated rings. The number of hydrogen-bond acceptors (Lipinski definition) is 6. The zero-order valence-corrected chi connectivity index (χ0v) is 12.0. The first-order valence-electron chi connectivity index (χ1n) is 5.14. The van der Waals surface area contributed by atoms with E-state index >= 15 is 0 Å². The molecule has 10 heteroatoms. The maximum absolute atomic E-state index is 10.9. The molecule has 20 heavy (non-hydrogen) atoms. The molecule has 0 bridgehead atoms. The van der Waals surface area contributed by atoms with Crippen LogP contribution in [-0.2, 0) is 4.79 Å². The summed E-state index contributed by atoms with van der Waals surface area (Å²) in [4.78, 5) is 21.2. The minimum atomic E-state index is -0.594. The highest BCUT2D eigenvalue weighted by molar-refractivity contribution is 8.15. The molecule has 0 saturated carbocycles. The number of halogens is 2. The topological polar surface area (TPSA) is 97.0 Å². The Morgan fingerprint density at radius 3 is 2.70 bits per heavy atom. The lowest BCUT2D eigenvalue weighted by Crippen LogP contribution is -2.19. The van der Waals surface area contributed by atoms with E-state index in [4.69, 9.17) is 23.2 Å². The molecule has 104 valence electrons. The lowest BCUT2D eigenvalue weighted by Gasteiger charge is -1.99. The number of nitrogens with one attached hydrogen (secondary N) is 1. The molecule has 0 aliphatic carbocycles. The van der Waals surface area contributed by atoms with Crippen LogP contribution in [-0.4, -0.2) is 28.0 Å². The second-order valence-electron chi connectivity index (χ2n) is 3.57. The maximum Gasteiger partial charge on any atom is 0.279 e. The SMILES string of the molecule is O=C1CSC(=NN=Cc2cc(Cl)c(Cl)cc2[N+](=O)[O-])N1. The predicted molar refractivity (Wildman–Crippen MR) is 78.7 cm³/mol. The molecule has 1 N–H and O–H groups in total. The molecular weight excluding hydrogens is 327 g/mol. The Balaban J connectivity index is 2.26. The van der Waals surface area contributed by atoms with E-state index < -0.39 is 4.92 Å². The van der Waals surface area contributed by atoms with Crippen LogP contribution in [0.5, 0.6) is 0 Å². The Morgan fingerprint density at radius 1 is 1.40 bits per heavy atom. The third kappa shape index (κ3) is 3.47. The summed E-state index contributed by atoms with van der Waals surface area (Å²) in [5.41, 5.74) is -0.0606. The van der Waals surface area contributed by atoms with E-state index in [0.717, 1.165) is 6.07 Å². The van der Waals surface area contributed by atoms with Crippen LogP contribution in [0.4, 0.5) is 5.69 Å². The van der Waals surface area contributed by atoms with Gasteiger partial charge < -0.3 is 5.32 Å². The third-order valence-electron chi connectivity index (χ3n) is 2.20. The Kier molecular flexibility index (Phi) is 4.58. The second-order valence-corrected chi connectivity index (χ2v) is 5.35. The molecule has 2 rings (SSSR count). The summed E-state index contributed by atoms with van der Waals surface area (Å²) in [5.74, 6) is 0.117. The molecule has 0 aromatic heterocycles. The summed E-state index contributed by atoms with van der Waals surface area (Å²) in [5, 5.41) is 21.4. The van der Waals surface area contributed by atoms with Crippen LogP contribution in [0.15, 0.2) is 22.3 Å². The van der Waals surface area contributed by atoms with Crippen molar-refractivity contribution in [1.82, 2.24) is 5.32 Å². The van der Waals surface area contributed by atoms with Crippen LogP contribution in [0.3, 0.4) is 0 Å². The number of thioether (sulfide) groups is 1. The van der Waals surface area contributed by atoms with Gasteiger partial charge in [-0.25, -0.2) is 0 Å². The van der Waals surface area contributed by atoms with Crippen molar-refractivity contribution in [2.24, 2.45) is 10.2 Å². The van der Waals surface area contributed by atoms with Crippen LogP contribution >= 0.6 is 35.0 Å². The van der Waals surface area contributed by atoms with E-state index in [1.54, 1.807) is 0 Å². The van der Waals surface area contributed by atoms with Gasteiger partial charge in [0.25, 0.3) is 5.69 Å². The van der Waals surface area contributed by atoms with Gasteiger partial charge in [0, 0.05) is 6.07 Å². The lowest BCUT2D eigenvalue weighted by molar-refractivity contribution is -0.385. The Bertz CT molecular complexity index is 648. The summed E-state index contributed by atoms with van der Waals surface area (Å²) in [6.07, 6.45) is 1.18. The first-order chi connectivity index (χ1) is 9.47. The quantitative estimate of drug-likeness (QED) is 0.522. The Labute approximate surface area is 127 Å². The van der Waals surface area contributed by atoms with Crippen LogP contribution in [0.1, 0.15) is 5.56 Å². The van der Waals surface area contributed by atoms with E-state index in [2.05, 4.69) is 15.5 Å². The lowest BCUT2D eigenvalue weighted by atomic mass is 10.2. The van der Waals surface area contributed by atoms with Crippen molar-refractivity contribution in [2.75, 3.05) is 5.75 Å². The first-order valence-corrected chi connectivity index (χ1v) is 6.88. The average molecular weight is 333 g/mol. The molecule has 1 saturated heterocycles. The number of carbonyl (C=O) groups excluding carboxylic acids is 1. The number of hydrogen-bond donors (Lipinski definition) is 1. The van der Waals surface area contributed by atoms with E-state index in [-0.39, 0.29) is 33.0 Å². The van der Waals surface area contributed by atoms with Gasteiger partial charge in [-0.15, -0.1) is 5.10 Å². The molecule has 0 atom stereocenters. The highest BCUT2D eigenvalue weighted by Crippen LogP contribution is 2.29. The number of nitrogens with zero attached hydrogens (tertiary/aromatic N) is 3. The molecule has 1 heterocycles. The van der Waals surface area contributed by atoms with E-state index in [1.165, 1.54) is 24.0 Å². The zero-order valence-electron chi connectivity index (χ0n) is 9.67. The molecule has 0 radical (unpaired) electrons. The molecule has 1 amide bonds. The smallest absolute Gasteiger partial charge is 0.279 e. The minimum absolute atomic E-state index is 0.0837. The summed E-state index contributed by atoms with van der Waals surface area (Å²) >= 11 is 12.7. The third-order valence-corrected chi connectivity index (χ3v) is 3.78. The van der Waals surface area contributed by atoms with Gasteiger partial charge in [0.1, 0.15) is 0 Å². The molecule has 0 spiro atoms. The molecule has 1 aromatic carbocycles. The number of nitro groups is 1. The van der Waals surface area contributed by atoms with Gasteiger partial charge >= 0.3 is 0 Å². The highest BCUT2D eigenvalue weighted by atomic mass is 35.5.